The number of benzene rings is 2. The van der Waals surface area contributed by atoms with Crippen molar-refractivity contribution < 1.29 is 0 Å². The van der Waals surface area contributed by atoms with E-state index in [0.29, 0.717) is 19.1 Å². The van der Waals surface area contributed by atoms with Crippen molar-refractivity contribution in [1.29, 1.82) is 0 Å². The van der Waals surface area contributed by atoms with E-state index in [-0.39, 0.29) is 11.6 Å². The molecule has 1 aliphatic rings. The standard InChI is InChI=1S/C28H34N6O/c1-3-26(27-30-31-32-34(27)24-12-8-5-9-13-24)33(18-21-10-6-4-7-11-21)19-23-17-22-16-20(2)14-15-25(22)29-28(23)35/h4,6-7,10-11,14-17,24,26H,3,5,8-9,12-13,18-19H2,1-2H3,(H,29,35)/t26-/m1/s1. The maximum Gasteiger partial charge on any atom is 0.252 e. The highest BCUT2D eigenvalue weighted by Crippen LogP contribution is 2.32. The number of H-pyrrole nitrogens is 1. The van der Waals surface area contributed by atoms with E-state index in [0.717, 1.165) is 41.6 Å². The molecule has 1 N–H and O–H groups in total. The Balaban J connectivity index is 1.52. The van der Waals surface area contributed by atoms with E-state index in [1.54, 1.807) is 0 Å². The number of hydrogen-bond donors (Lipinski definition) is 1. The van der Waals surface area contributed by atoms with Gasteiger partial charge in [0, 0.05) is 24.2 Å². The van der Waals surface area contributed by atoms with Gasteiger partial charge in [0.1, 0.15) is 0 Å². The van der Waals surface area contributed by atoms with Crippen molar-refractivity contribution in [3.05, 3.63) is 87.5 Å². The summed E-state index contributed by atoms with van der Waals surface area (Å²) >= 11 is 0. The number of pyridine rings is 1. The second-order valence-electron chi connectivity index (χ2n) is 9.80. The number of hydrogen-bond acceptors (Lipinski definition) is 5. The second-order valence-corrected chi connectivity index (χ2v) is 9.80. The molecule has 182 valence electrons. The van der Waals surface area contributed by atoms with E-state index < -0.39 is 0 Å². The van der Waals surface area contributed by atoms with Crippen LogP contribution in [0.25, 0.3) is 10.9 Å². The molecule has 1 saturated carbocycles. The highest BCUT2D eigenvalue weighted by molar-refractivity contribution is 5.79. The maximum absolute atomic E-state index is 13.1. The SMILES string of the molecule is CC[C@H](c1nnnn1C1CCCCC1)N(Cc1ccccc1)Cc1cc2cc(C)ccc2[nH]c1=O. The van der Waals surface area contributed by atoms with Crippen LogP contribution in [0.4, 0.5) is 0 Å². The van der Waals surface area contributed by atoms with Gasteiger partial charge in [0.2, 0.25) is 0 Å². The summed E-state index contributed by atoms with van der Waals surface area (Å²) in [6.07, 6.45) is 6.83. The first-order valence-corrected chi connectivity index (χ1v) is 12.8. The molecule has 2 aromatic heterocycles. The average Bonchev–Trinajstić information content (AvgIpc) is 3.36. The van der Waals surface area contributed by atoms with Crippen molar-refractivity contribution in [1.82, 2.24) is 30.1 Å². The molecule has 5 rings (SSSR count). The number of aromatic nitrogens is 5. The van der Waals surface area contributed by atoms with E-state index in [2.05, 4.69) is 74.3 Å². The highest BCUT2D eigenvalue weighted by Gasteiger charge is 2.29. The van der Waals surface area contributed by atoms with E-state index in [1.165, 1.54) is 30.4 Å². The van der Waals surface area contributed by atoms with Gasteiger partial charge in [-0.25, -0.2) is 4.68 Å². The number of nitrogens with zero attached hydrogens (tertiary/aromatic N) is 5. The topological polar surface area (TPSA) is 79.7 Å². The van der Waals surface area contributed by atoms with Crippen LogP contribution in [0.2, 0.25) is 0 Å². The molecule has 2 aromatic carbocycles. The number of aromatic amines is 1. The number of tetrazole rings is 1. The Morgan fingerprint density at radius 1 is 1.06 bits per heavy atom. The lowest BCUT2D eigenvalue weighted by atomic mass is 9.95. The molecule has 0 saturated heterocycles. The van der Waals surface area contributed by atoms with Crippen molar-refractivity contribution in [2.45, 2.75) is 77.5 Å². The molecule has 1 atom stereocenters. The number of aryl methyl sites for hydroxylation is 1. The molecule has 4 aromatic rings. The van der Waals surface area contributed by atoms with Crippen LogP contribution in [-0.4, -0.2) is 30.1 Å². The molecular weight excluding hydrogens is 436 g/mol. The van der Waals surface area contributed by atoms with Crippen LogP contribution in [0.15, 0.2) is 59.4 Å². The Hall–Kier alpha value is -3.32. The van der Waals surface area contributed by atoms with Crippen LogP contribution >= 0.6 is 0 Å². The quantitative estimate of drug-likeness (QED) is 0.369. The van der Waals surface area contributed by atoms with Gasteiger partial charge in [0.15, 0.2) is 5.82 Å². The minimum Gasteiger partial charge on any atom is -0.322 e. The lowest BCUT2D eigenvalue weighted by molar-refractivity contribution is 0.155. The van der Waals surface area contributed by atoms with Crippen LogP contribution in [0.5, 0.6) is 0 Å². The fourth-order valence-electron chi connectivity index (χ4n) is 5.41. The highest BCUT2D eigenvalue weighted by atomic mass is 16.1. The largest absolute Gasteiger partial charge is 0.322 e. The molecular formula is C28H34N6O. The van der Waals surface area contributed by atoms with Crippen LogP contribution in [0.3, 0.4) is 0 Å². The second kappa shape index (κ2) is 10.5. The van der Waals surface area contributed by atoms with Crippen molar-refractivity contribution in [3.8, 4) is 0 Å². The van der Waals surface area contributed by atoms with Gasteiger partial charge in [0.05, 0.1) is 12.1 Å². The van der Waals surface area contributed by atoms with E-state index in [4.69, 9.17) is 0 Å². The summed E-state index contributed by atoms with van der Waals surface area (Å²) in [6, 6.07) is 18.9. The van der Waals surface area contributed by atoms with Crippen LogP contribution in [-0.2, 0) is 13.1 Å². The summed E-state index contributed by atoms with van der Waals surface area (Å²) in [5.41, 5.74) is 3.97. The Bertz CT molecular complexity index is 1320. The van der Waals surface area contributed by atoms with Crippen molar-refractivity contribution in [3.63, 3.8) is 0 Å². The van der Waals surface area contributed by atoms with Crippen molar-refractivity contribution >= 4 is 10.9 Å². The van der Waals surface area contributed by atoms with Gasteiger partial charge in [-0.3, -0.25) is 9.69 Å². The van der Waals surface area contributed by atoms with Gasteiger partial charge >= 0.3 is 0 Å². The normalized spacial score (nSPS) is 15.6. The fraction of sp³-hybridized carbons (Fsp3) is 0.429. The van der Waals surface area contributed by atoms with Crippen molar-refractivity contribution in [2.75, 3.05) is 0 Å². The summed E-state index contributed by atoms with van der Waals surface area (Å²) in [7, 11) is 0. The van der Waals surface area contributed by atoms with Crippen LogP contribution < -0.4 is 5.56 Å². The molecule has 0 unspecified atom stereocenters. The molecule has 7 heteroatoms. The molecule has 0 spiro atoms. The third-order valence-corrected chi connectivity index (χ3v) is 7.24. The van der Waals surface area contributed by atoms with E-state index in [9.17, 15) is 4.79 Å². The average molecular weight is 471 g/mol. The monoisotopic (exact) mass is 470 g/mol. The minimum atomic E-state index is -0.0406. The number of nitrogens with one attached hydrogen (secondary N) is 1. The van der Waals surface area contributed by atoms with E-state index >= 15 is 0 Å². The number of fused-ring (bicyclic) bond motifs is 1. The summed E-state index contributed by atoms with van der Waals surface area (Å²) in [4.78, 5) is 18.5. The third-order valence-electron chi connectivity index (χ3n) is 7.24. The van der Waals surface area contributed by atoms with Gasteiger partial charge in [0.25, 0.3) is 5.56 Å². The molecule has 1 aliphatic carbocycles. The molecule has 0 radical (unpaired) electrons. The molecule has 0 amide bonds. The zero-order chi connectivity index (χ0) is 24.2. The maximum atomic E-state index is 13.1. The predicted octanol–water partition coefficient (Wildman–Crippen LogP) is 5.48. The Labute approximate surface area is 206 Å². The predicted molar refractivity (Wildman–Crippen MR) is 138 cm³/mol. The fourth-order valence-corrected chi connectivity index (χ4v) is 5.41. The molecule has 2 heterocycles. The van der Waals surface area contributed by atoms with E-state index in [1.807, 2.05) is 24.3 Å². The Kier molecular flexibility index (Phi) is 7.04. The van der Waals surface area contributed by atoms with Gasteiger partial charge in [-0.15, -0.1) is 5.10 Å². The summed E-state index contributed by atoms with van der Waals surface area (Å²) in [6.45, 7) is 5.48. The lowest BCUT2D eigenvalue weighted by Crippen LogP contribution is -2.33. The summed E-state index contributed by atoms with van der Waals surface area (Å²) in [5, 5.41) is 14.1. The van der Waals surface area contributed by atoms with Crippen LogP contribution in [0.1, 0.15) is 80.0 Å². The minimum absolute atomic E-state index is 0.000242. The first-order valence-electron chi connectivity index (χ1n) is 12.8. The lowest BCUT2D eigenvalue weighted by Gasteiger charge is -2.32. The summed E-state index contributed by atoms with van der Waals surface area (Å²) in [5.74, 6) is 0.906. The Morgan fingerprint density at radius 2 is 1.86 bits per heavy atom. The molecule has 0 aliphatic heterocycles. The zero-order valence-electron chi connectivity index (χ0n) is 20.7. The molecule has 35 heavy (non-hydrogen) atoms. The van der Waals surface area contributed by atoms with Gasteiger partial charge < -0.3 is 4.98 Å². The first kappa shape index (κ1) is 23.4. The smallest absolute Gasteiger partial charge is 0.252 e. The summed E-state index contributed by atoms with van der Waals surface area (Å²) < 4.78 is 2.07. The zero-order valence-corrected chi connectivity index (χ0v) is 20.7. The van der Waals surface area contributed by atoms with Crippen molar-refractivity contribution in [2.24, 2.45) is 0 Å². The number of rotatable bonds is 8. The Morgan fingerprint density at radius 3 is 2.63 bits per heavy atom. The first-order chi connectivity index (χ1) is 17.1. The van der Waals surface area contributed by atoms with Gasteiger partial charge in [-0.2, -0.15) is 0 Å². The molecule has 1 fully saturated rings. The van der Waals surface area contributed by atoms with Gasteiger partial charge in [-0.05, 0) is 65.8 Å². The third kappa shape index (κ3) is 5.20. The van der Waals surface area contributed by atoms with Gasteiger partial charge in [-0.1, -0.05) is 68.1 Å². The molecule has 7 nitrogen and oxygen atoms in total. The molecule has 0 bridgehead atoms. The van der Waals surface area contributed by atoms with Crippen LogP contribution in [0, 0.1) is 6.92 Å².